The molecule has 0 aliphatic carbocycles. The van der Waals surface area contributed by atoms with Crippen molar-refractivity contribution in [3.05, 3.63) is 47.7 Å². The molecular weight excluding hydrogens is 230 g/mol. The fraction of sp³-hybridized carbons (Fsp3) is 0.0769. The lowest BCUT2D eigenvalue weighted by molar-refractivity contribution is 0.0697. The zero-order valence-electron chi connectivity index (χ0n) is 9.84. The average molecular weight is 243 g/mol. The van der Waals surface area contributed by atoms with Gasteiger partial charge in [-0.05, 0) is 42.8 Å². The molecule has 0 aliphatic heterocycles. The second-order valence-corrected chi connectivity index (χ2v) is 3.90. The number of aromatic carboxylic acids is 1. The Morgan fingerprint density at radius 2 is 1.94 bits per heavy atom. The molecule has 0 radical (unpaired) electrons. The Kier molecular flexibility index (Phi) is 3.14. The fourth-order valence-electron chi connectivity index (χ4n) is 1.50. The quantitative estimate of drug-likeness (QED) is 0.770. The highest BCUT2D eigenvalue weighted by atomic mass is 16.4. The van der Waals surface area contributed by atoms with E-state index >= 15 is 0 Å². The molecule has 0 fully saturated rings. The highest BCUT2D eigenvalue weighted by Crippen LogP contribution is 2.23. The van der Waals surface area contributed by atoms with Crippen LogP contribution < -0.4 is 11.1 Å². The zero-order valence-corrected chi connectivity index (χ0v) is 9.84. The lowest BCUT2D eigenvalue weighted by atomic mass is 10.2. The number of nitrogens with two attached hydrogens (primary N) is 1. The standard InChI is InChI=1S/C13H13N3O2/c1-8-6-7-15-12(11(8)14)16-10-4-2-9(3-5-10)13(17)18/h2-7H,14H2,1H3,(H,15,16)(H,17,18). The zero-order chi connectivity index (χ0) is 13.1. The van der Waals surface area contributed by atoms with E-state index in [1.54, 1.807) is 18.3 Å². The first kappa shape index (κ1) is 11.9. The lowest BCUT2D eigenvalue weighted by Crippen LogP contribution is -2.01. The lowest BCUT2D eigenvalue weighted by Gasteiger charge is -2.09. The number of carboxylic acid groups (broad SMARTS) is 1. The molecule has 92 valence electrons. The third-order valence-corrected chi connectivity index (χ3v) is 2.60. The number of carboxylic acids is 1. The molecule has 5 nitrogen and oxygen atoms in total. The van der Waals surface area contributed by atoms with Gasteiger partial charge >= 0.3 is 5.97 Å². The minimum atomic E-state index is -0.949. The largest absolute Gasteiger partial charge is 0.478 e. The van der Waals surface area contributed by atoms with Crippen LogP contribution in [0.2, 0.25) is 0 Å². The molecular formula is C13H13N3O2. The SMILES string of the molecule is Cc1ccnc(Nc2ccc(C(=O)O)cc2)c1N. The fourth-order valence-corrected chi connectivity index (χ4v) is 1.50. The first-order valence-corrected chi connectivity index (χ1v) is 5.39. The number of pyridine rings is 1. The third-order valence-electron chi connectivity index (χ3n) is 2.60. The molecule has 4 N–H and O–H groups in total. The second-order valence-electron chi connectivity index (χ2n) is 3.90. The van der Waals surface area contributed by atoms with Crippen LogP contribution in [0.15, 0.2) is 36.5 Å². The maximum Gasteiger partial charge on any atom is 0.335 e. The molecule has 18 heavy (non-hydrogen) atoms. The maximum absolute atomic E-state index is 10.7. The van der Waals surface area contributed by atoms with Crippen LogP contribution in [-0.2, 0) is 0 Å². The summed E-state index contributed by atoms with van der Waals surface area (Å²) in [5, 5.41) is 11.8. The van der Waals surface area contributed by atoms with Crippen LogP contribution in [-0.4, -0.2) is 16.1 Å². The Labute approximate surface area is 104 Å². The number of hydrogen-bond donors (Lipinski definition) is 3. The van der Waals surface area contributed by atoms with Crippen molar-refractivity contribution >= 4 is 23.2 Å². The molecule has 0 amide bonds. The molecule has 0 saturated heterocycles. The van der Waals surface area contributed by atoms with Gasteiger partial charge in [0.2, 0.25) is 0 Å². The van der Waals surface area contributed by atoms with Crippen LogP contribution in [0, 0.1) is 6.92 Å². The number of nitrogens with one attached hydrogen (secondary N) is 1. The Morgan fingerprint density at radius 1 is 1.28 bits per heavy atom. The van der Waals surface area contributed by atoms with E-state index in [1.165, 1.54) is 12.1 Å². The number of anilines is 3. The van der Waals surface area contributed by atoms with Crippen molar-refractivity contribution in [1.82, 2.24) is 4.98 Å². The van der Waals surface area contributed by atoms with Crippen molar-refractivity contribution in [2.45, 2.75) is 6.92 Å². The van der Waals surface area contributed by atoms with E-state index in [0.29, 0.717) is 11.5 Å². The number of hydrogen-bond acceptors (Lipinski definition) is 4. The first-order valence-electron chi connectivity index (χ1n) is 5.39. The second kappa shape index (κ2) is 4.75. The van der Waals surface area contributed by atoms with Gasteiger partial charge in [-0.15, -0.1) is 0 Å². The molecule has 2 rings (SSSR count). The number of aryl methyl sites for hydroxylation is 1. The van der Waals surface area contributed by atoms with E-state index in [4.69, 9.17) is 10.8 Å². The van der Waals surface area contributed by atoms with Gasteiger partial charge in [0.25, 0.3) is 0 Å². The predicted molar refractivity (Wildman–Crippen MR) is 70.1 cm³/mol. The molecule has 5 heteroatoms. The maximum atomic E-state index is 10.7. The Hall–Kier alpha value is -2.56. The molecule has 0 saturated carbocycles. The number of carbonyl (C=O) groups is 1. The predicted octanol–water partition coefficient (Wildman–Crippen LogP) is 2.41. The third kappa shape index (κ3) is 2.40. The van der Waals surface area contributed by atoms with E-state index in [2.05, 4.69) is 10.3 Å². The topological polar surface area (TPSA) is 88.2 Å². The molecule has 0 aliphatic rings. The van der Waals surface area contributed by atoms with Crippen LogP contribution in [0.1, 0.15) is 15.9 Å². The highest BCUT2D eigenvalue weighted by Gasteiger charge is 2.05. The molecule has 0 spiro atoms. The number of nitrogen functional groups attached to an aromatic ring is 1. The summed E-state index contributed by atoms with van der Waals surface area (Å²) in [5.74, 6) is -0.382. The summed E-state index contributed by atoms with van der Waals surface area (Å²) in [5.41, 5.74) is 8.39. The minimum absolute atomic E-state index is 0.241. The van der Waals surface area contributed by atoms with Crippen LogP contribution in [0.4, 0.5) is 17.2 Å². The van der Waals surface area contributed by atoms with E-state index in [0.717, 1.165) is 11.3 Å². The summed E-state index contributed by atoms with van der Waals surface area (Å²) in [6.07, 6.45) is 1.67. The smallest absolute Gasteiger partial charge is 0.335 e. The summed E-state index contributed by atoms with van der Waals surface area (Å²) >= 11 is 0. The summed E-state index contributed by atoms with van der Waals surface area (Å²) in [6, 6.07) is 8.22. The molecule has 1 heterocycles. The van der Waals surface area contributed by atoms with Crippen LogP contribution in [0.25, 0.3) is 0 Å². The summed E-state index contributed by atoms with van der Waals surface area (Å²) < 4.78 is 0. The molecule has 1 aromatic heterocycles. The molecule has 0 atom stereocenters. The van der Waals surface area contributed by atoms with Crippen LogP contribution in [0.5, 0.6) is 0 Å². The van der Waals surface area contributed by atoms with Gasteiger partial charge in [0.15, 0.2) is 5.82 Å². The van der Waals surface area contributed by atoms with Gasteiger partial charge in [-0.3, -0.25) is 0 Å². The number of rotatable bonds is 3. The van der Waals surface area contributed by atoms with Crippen molar-refractivity contribution < 1.29 is 9.90 Å². The molecule has 0 unspecified atom stereocenters. The normalized spacial score (nSPS) is 10.1. The van der Waals surface area contributed by atoms with Gasteiger partial charge in [-0.25, -0.2) is 9.78 Å². The van der Waals surface area contributed by atoms with E-state index in [9.17, 15) is 4.79 Å². The van der Waals surface area contributed by atoms with Crippen LogP contribution >= 0.6 is 0 Å². The Balaban J connectivity index is 2.24. The average Bonchev–Trinajstić information content (AvgIpc) is 2.36. The van der Waals surface area contributed by atoms with Crippen LogP contribution in [0.3, 0.4) is 0 Å². The van der Waals surface area contributed by atoms with E-state index in [1.807, 2.05) is 13.0 Å². The van der Waals surface area contributed by atoms with Gasteiger partial charge in [0.1, 0.15) is 0 Å². The van der Waals surface area contributed by atoms with Crippen molar-refractivity contribution in [3.63, 3.8) is 0 Å². The summed E-state index contributed by atoms with van der Waals surface area (Å²) in [6.45, 7) is 1.90. The summed E-state index contributed by atoms with van der Waals surface area (Å²) in [4.78, 5) is 14.9. The van der Waals surface area contributed by atoms with E-state index < -0.39 is 5.97 Å². The van der Waals surface area contributed by atoms with Crippen molar-refractivity contribution in [2.75, 3.05) is 11.1 Å². The summed E-state index contributed by atoms with van der Waals surface area (Å²) in [7, 11) is 0. The Morgan fingerprint density at radius 3 is 2.56 bits per heavy atom. The molecule has 1 aromatic carbocycles. The van der Waals surface area contributed by atoms with Gasteiger partial charge in [-0.2, -0.15) is 0 Å². The van der Waals surface area contributed by atoms with Gasteiger partial charge < -0.3 is 16.2 Å². The van der Waals surface area contributed by atoms with Crippen molar-refractivity contribution in [1.29, 1.82) is 0 Å². The highest BCUT2D eigenvalue weighted by molar-refractivity contribution is 5.88. The number of benzene rings is 1. The minimum Gasteiger partial charge on any atom is -0.478 e. The number of aromatic nitrogens is 1. The van der Waals surface area contributed by atoms with E-state index in [-0.39, 0.29) is 5.56 Å². The molecule has 2 aromatic rings. The number of nitrogens with zero attached hydrogens (tertiary/aromatic N) is 1. The first-order chi connectivity index (χ1) is 8.58. The van der Waals surface area contributed by atoms with Crippen molar-refractivity contribution in [2.24, 2.45) is 0 Å². The molecule has 0 bridgehead atoms. The monoisotopic (exact) mass is 243 g/mol. The van der Waals surface area contributed by atoms with Gasteiger partial charge in [-0.1, -0.05) is 0 Å². The Bertz CT molecular complexity index is 579. The van der Waals surface area contributed by atoms with Gasteiger partial charge in [0.05, 0.1) is 11.3 Å². The van der Waals surface area contributed by atoms with Gasteiger partial charge in [0, 0.05) is 11.9 Å². The van der Waals surface area contributed by atoms with Crippen molar-refractivity contribution in [3.8, 4) is 0 Å².